The van der Waals surface area contributed by atoms with Crippen LogP contribution in [0.3, 0.4) is 0 Å². The highest BCUT2D eigenvalue weighted by Gasteiger charge is 2.24. The van der Waals surface area contributed by atoms with E-state index in [1.54, 1.807) is 27.9 Å². The molecule has 0 radical (unpaired) electrons. The Balaban J connectivity index is 1.75. The molecule has 1 atom stereocenters. The molecule has 3 N–H and O–H groups in total. The Labute approximate surface area is 203 Å². The lowest BCUT2D eigenvalue weighted by Gasteiger charge is -2.25. The van der Waals surface area contributed by atoms with E-state index < -0.39 is 23.7 Å². The standard InChI is InChI=1S/C25H42N4O5/c1-25(2,3)34-24(32)28-21(23(30)31)13-16-29(17-18-33-4)15-7-5-6-10-20-12-11-19-9-8-14-26-22(19)27-20/h11-12,21H,5-10,13-18H2,1-4H3,(H,26,27)(H,28,32)(H,30,31). The van der Waals surface area contributed by atoms with Crippen LogP contribution >= 0.6 is 0 Å². The highest BCUT2D eigenvalue weighted by atomic mass is 16.6. The summed E-state index contributed by atoms with van der Waals surface area (Å²) >= 11 is 0. The fourth-order valence-corrected chi connectivity index (χ4v) is 3.90. The average molecular weight is 479 g/mol. The molecule has 0 aliphatic carbocycles. The maximum atomic E-state index is 12.0. The average Bonchev–Trinajstić information content (AvgIpc) is 2.77. The molecule has 1 aromatic rings. The van der Waals surface area contributed by atoms with Crippen molar-refractivity contribution in [2.45, 2.75) is 77.4 Å². The molecule has 1 aromatic heterocycles. The van der Waals surface area contributed by atoms with Gasteiger partial charge in [-0.15, -0.1) is 0 Å². The number of carboxylic acid groups (broad SMARTS) is 1. The smallest absolute Gasteiger partial charge is 0.408 e. The third kappa shape index (κ3) is 10.7. The van der Waals surface area contributed by atoms with Gasteiger partial charge in [0, 0.05) is 32.4 Å². The van der Waals surface area contributed by atoms with E-state index in [0.29, 0.717) is 26.1 Å². The molecule has 9 heteroatoms. The van der Waals surface area contributed by atoms with Gasteiger partial charge in [0.15, 0.2) is 0 Å². The lowest BCUT2D eigenvalue weighted by atomic mass is 10.1. The summed E-state index contributed by atoms with van der Waals surface area (Å²) in [7, 11) is 1.66. The van der Waals surface area contributed by atoms with E-state index in [-0.39, 0.29) is 0 Å². The third-order valence-electron chi connectivity index (χ3n) is 5.69. The first-order chi connectivity index (χ1) is 16.2. The zero-order valence-corrected chi connectivity index (χ0v) is 21.2. The van der Waals surface area contributed by atoms with Crippen molar-refractivity contribution in [2.75, 3.05) is 45.2 Å². The molecule has 0 saturated heterocycles. The normalized spacial score (nSPS) is 14.3. The maximum absolute atomic E-state index is 12.0. The number of hydrogen-bond acceptors (Lipinski definition) is 7. The summed E-state index contributed by atoms with van der Waals surface area (Å²) in [4.78, 5) is 30.6. The fourth-order valence-electron chi connectivity index (χ4n) is 3.90. The number of unbranched alkanes of at least 4 members (excludes halogenated alkanes) is 2. The minimum Gasteiger partial charge on any atom is -0.480 e. The summed E-state index contributed by atoms with van der Waals surface area (Å²) in [6.45, 7) is 8.91. The van der Waals surface area contributed by atoms with Gasteiger partial charge < -0.3 is 30.1 Å². The van der Waals surface area contributed by atoms with Crippen molar-refractivity contribution < 1.29 is 24.2 Å². The minimum absolute atomic E-state index is 0.296. The van der Waals surface area contributed by atoms with Crippen LogP contribution in [-0.4, -0.2) is 78.6 Å². The van der Waals surface area contributed by atoms with Gasteiger partial charge in [0.1, 0.15) is 17.5 Å². The summed E-state index contributed by atoms with van der Waals surface area (Å²) in [6, 6.07) is 3.34. The van der Waals surface area contributed by atoms with E-state index in [2.05, 4.69) is 27.7 Å². The molecule has 0 aromatic carbocycles. The third-order valence-corrected chi connectivity index (χ3v) is 5.69. The number of rotatable bonds is 14. The van der Waals surface area contributed by atoms with Gasteiger partial charge in [-0.3, -0.25) is 0 Å². The molecule has 1 amide bonds. The number of nitrogens with zero attached hydrogens (tertiary/aromatic N) is 2. The molecule has 1 aliphatic rings. The number of aromatic nitrogens is 1. The summed E-state index contributed by atoms with van der Waals surface area (Å²) < 4.78 is 10.4. The van der Waals surface area contributed by atoms with Gasteiger partial charge in [-0.25, -0.2) is 14.6 Å². The van der Waals surface area contributed by atoms with Crippen LogP contribution in [0.1, 0.15) is 64.1 Å². The van der Waals surface area contributed by atoms with Crippen LogP contribution in [0.2, 0.25) is 0 Å². The quantitative estimate of drug-likeness (QED) is 0.349. The Bertz CT molecular complexity index is 781. The number of methoxy groups -OCH3 is 1. The molecule has 2 heterocycles. The van der Waals surface area contributed by atoms with Gasteiger partial charge in [-0.2, -0.15) is 0 Å². The number of pyridine rings is 1. The molecule has 192 valence electrons. The minimum atomic E-state index is -1.07. The Hall–Kier alpha value is -2.39. The van der Waals surface area contributed by atoms with E-state index in [0.717, 1.165) is 63.1 Å². The van der Waals surface area contributed by atoms with Gasteiger partial charge in [0.2, 0.25) is 0 Å². The highest BCUT2D eigenvalue weighted by Crippen LogP contribution is 2.20. The number of carboxylic acids is 1. The first-order valence-corrected chi connectivity index (χ1v) is 12.3. The lowest BCUT2D eigenvalue weighted by Crippen LogP contribution is -2.45. The fraction of sp³-hybridized carbons (Fsp3) is 0.720. The maximum Gasteiger partial charge on any atom is 0.408 e. The van der Waals surface area contributed by atoms with E-state index in [9.17, 15) is 14.7 Å². The predicted octanol–water partition coefficient (Wildman–Crippen LogP) is 3.47. The van der Waals surface area contributed by atoms with Gasteiger partial charge in [-0.1, -0.05) is 12.5 Å². The number of aliphatic carboxylic acids is 1. The summed E-state index contributed by atoms with van der Waals surface area (Å²) in [5.74, 6) is -0.0212. The largest absolute Gasteiger partial charge is 0.480 e. The van der Waals surface area contributed by atoms with Crippen LogP contribution in [0, 0.1) is 0 Å². The van der Waals surface area contributed by atoms with Crippen LogP contribution in [0.4, 0.5) is 10.6 Å². The molecule has 2 rings (SSSR count). The van der Waals surface area contributed by atoms with Crippen molar-refractivity contribution in [2.24, 2.45) is 0 Å². The first-order valence-electron chi connectivity index (χ1n) is 12.3. The van der Waals surface area contributed by atoms with E-state index in [1.165, 1.54) is 5.56 Å². The number of nitrogens with one attached hydrogen (secondary N) is 2. The number of fused-ring (bicyclic) bond motifs is 1. The zero-order chi connectivity index (χ0) is 25.0. The van der Waals surface area contributed by atoms with Crippen LogP contribution in [0.15, 0.2) is 12.1 Å². The Morgan fingerprint density at radius 3 is 2.71 bits per heavy atom. The van der Waals surface area contributed by atoms with Crippen LogP contribution in [0.25, 0.3) is 0 Å². The number of aryl methyl sites for hydroxylation is 2. The molecule has 0 spiro atoms. The van der Waals surface area contributed by atoms with Crippen molar-refractivity contribution in [3.05, 3.63) is 23.4 Å². The van der Waals surface area contributed by atoms with Gasteiger partial charge >= 0.3 is 12.1 Å². The lowest BCUT2D eigenvalue weighted by molar-refractivity contribution is -0.139. The molecule has 0 saturated carbocycles. The topological polar surface area (TPSA) is 113 Å². The van der Waals surface area contributed by atoms with Gasteiger partial charge in [0.05, 0.1) is 6.61 Å². The number of anilines is 1. The van der Waals surface area contributed by atoms with Crippen molar-refractivity contribution in [3.63, 3.8) is 0 Å². The van der Waals surface area contributed by atoms with Gasteiger partial charge in [0.25, 0.3) is 0 Å². The van der Waals surface area contributed by atoms with E-state index in [1.807, 2.05) is 0 Å². The second-order valence-corrected chi connectivity index (χ2v) is 9.81. The zero-order valence-electron chi connectivity index (χ0n) is 21.2. The number of hydrogen-bond donors (Lipinski definition) is 3. The summed E-state index contributed by atoms with van der Waals surface area (Å²) in [6.07, 6.45) is 5.92. The first kappa shape index (κ1) is 27.9. The number of carbonyl (C=O) groups excluding carboxylic acids is 1. The molecule has 1 unspecified atom stereocenters. The van der Waals surface area contributed by atoms with Crippen molar-refractivity contribution in [3.8, 4) is 0 Å². The number of amides is 1. The Kier molecular flexibility index (Phi) is 11.6. The SMILES string of the molecule is COCCN(CCCCCc1ccc2c(n1)NCCC2)CCC(NC(=O)OC(C)(C)C)C(=O)O. The summed E-state index contributed by atoms with van der Waals surface area (Å²) in [5.41, 5.74) is 1.76. The number of alkyl carbamates (subject to hydrolysis) is 1. The van der Waals surface area contributed by atoms with Crippen molar-refractivity contribution in [1.82, 2.24) is 15.2 Å². The number of carbonyl (C=O) groups is 2. The Morgan fingerprint density at radius 2 is 2.00 bits per heavy atom. The predicted molar refractivity (Wildman–Crippen MR) is 132 cm³/mol. The Morgan fingerprint density at radius 1 is 1.21 bits per heavy atom. The van der Waals surface area contributed by atoms with Crippen LogP contribution in [0.5, 0.6) is 0 Å². The van der Waals surface area contributed by atoms with Crippen LogP contribution in [-0.2, 0) is 27.1 Å². The molecular weight excluding hydrogens is 436 g/mol. The molecule has 9 nitrogen and oxygen atoms in total. The van der Waals surface area contributed by atoms with E-state index in [4.69, 9.17) is 14.5 Å². The summed E-state index contributed by atoms with van der Waals surface area (Å²) in [5, 5.41) is 15.4. The second kappa shape index (κ2) is 14.1. The molecule has 34 heavy (non-hydrogen) atoms. The van der Waals surface area contributed by atoms with E-state index >= 15 is 0 Å². The van der Waals surface area contributed by atoms with Crippen LogP contribution < -0.4 is 10.6 Å². The van der Waals surface area contributed by atoms with Gasteiger partial charge in [-0.05, 0) is 77.5 Å². The number of ether oxygens (including phenoxy) is 2. The highest BCUT2D eigenvalue weighted by molar-refractivity contribution is 5.80. The monoisotopic (exact) mass is 478 g/mol. The van der Waals surface area contributed by atoms with Crippen molar-refractivity contribution >= 4 is 17.9 Å². The second-order valence-electron chi connectivity index (χ2n) is 9.81. The van der Waals surface area contributed by atoms with Crippen molar-refractivity contribution in [1.29, 1.82) is 0 Å². The molecular formula is C25H42N4O5. The molecule has 1 aliphatic heterocycles. The molecule has 0 fully saturated rings. The molecule has 0 bridgehead atoms.